The smallest absolute Gasteiger partial charge is 0.264 e. The first-order valence-corrected chi connectivity index (χ1v) is 13.2. The van der Waals surface area contributed by atoms with Gasteiger partial charge in [-0.2, -0.15) is 8.42 Å². The molecule has 0 aliphatic rings. The third-order valence-electron chi connectivity index (χ3n) is 5.18. The SMILES string of the molecule is CCCCCCCCCCCCS(=O)(=O)O.O=C(c1ccccc1)C(O)c1ccccc1. The van der Waals surface area contributed by atoms with Crippen LogP contribution in [-0.4, -0.2) is 29.6 Å². The highest BCUT2D eigenvalue weighted by Crippen LogP contribution is 2.17. The van der Waals surface area contributed by atoms with Gasteiger partial charge in [0.1, 0.15) is 6.10 Å². The van der Waals surface area contributed by atoms with E-state index in [2.05, 4.69) is 6.92 Å². The summed E-state index contributed by atoms with van der Waals surface area (Å²) in [5.74, 6) is -0.351. The van der Waals surface area contributed by atoms with E-state index in [1.807, 2.05) is 12.1 Å². The second-order valence-electron chi connectivity index (χ2n) is 8.01. The topological polar surface area (TPSA) is 91.7 Å². The molecule has 178 valence electrons. The van der Waals surface area contributed by atoms with Gasteiger partial charge in [-0.25, -0.2) is 0 Å². The van der Waals surface area contributed by atoms with Crippen LogP contribution in [0.3, 0.4) is 0 Å². The molecular formula is C26H38O5S. The zero-order valence-electron chi connectivity index (χ0n) is 19.2. The highest BCUT2D eigenvalue weighted by atomic mass is 32.2. The lowest BCUT2D eigenvalue weighted by molar-refractivity contribution is 0.0747. The van der Waals surface area contributed by atoms with Crippen molar-refractivity contribution >= 4 is 15.9 Å². The van der Waals surface area contributed by atoms with Crippen LogP contribution in [0.1, 0.15) is 93.2 Å². The lowest BCUT2D eigenvalue weighted by Crippen LogP contribution is -2.11. The van der Waals surface area contributed by atoms with Crippen LogP contribution < -0.4 is 0 Å². The molecule has 6 heteroatoms. The van der Waals surface area contributed by atoms with Crippen molar-refractivity contribution in [3.8, 4) is 0 Å². The van der Waals surface area contributed by atoms with Crippen LogP contribution >= 0.6 is 0 Å². The van der Waals surface area contributed by atoms with Gasteiger partial charge in [-0.1, -0.05) is 125 Å². The molecule has 2 rings (SSSR count). The van der Waals surface area contributed by atoms with Gasteiger partial charge in [0.2, 0.25) is 0 Å². The predicted molar refractivity (Wildman–Crippen MR) is 130 cm³/mol. The molecule has 0 aliphatic carbocycles. The Morgan fingerprint density at radius 3 is 1.66 bits per heavy atom. The Balaban J connectivity index is 0.000000320. The van der Waals surface area contributed by atoms with Crippen molar-refractivity contribution in [3.05, 3.63) is 71.8 Å². The summed E-state index contributed by atoms with van der Waals surface area (Å²) in [6.45, 7) is 2.22. The van der Waals surface area contributed by atoms with Gasteiger partial charge in [-0.3, -0.25) is 9.35 Å². The molecule has 0 bridgehead atoms. The summed E-state index contributed by atoms with van der Waals surface area (Å²) in [7, 11) is -3.73. The first-order valence-electron chi connectivity index (χ1n) is 11.6. The Kier molecular flexibility index (Phi) is 14.5. The van der Waals surface area contributed by atoms with Gasteiger partial charge < -0.3 is 5.11 Å². The number of aliphatic hydroxyl groups is 1. The first kappa shape index (κ1) is 28.0. The van der Waals surface area contributed by atoms with Gasteiger partial charge >= 0.3 is 0 Å². The molecule has 0 spiro atoms. The Morgan fingerprint density at radius 2 is 1.19 bits per heavy atom. The monoisotopic (exact) mass is 462 g/mol. The highest BCUT2D eigenvalue weighted by Gasteiger charge is 2.18. The normalized spacial score (nSPS) is 12.0. The van der Waals surface area contributed by atoms with E-state index in [1.165, 1.54) is 44.9 Å². The average molecular weight is 463 g/mol. The molecule has 32 heavy (non-hydrogen) atoms. The summed E-state index contributed by atoms with van der Waals surface area (Å²) in [5.41, 5.74) is 1.15. The fourth-order valence-corrected chi connectivity index (χ4v) is 3.89. The van der Waals surface area contributed by atoms with Crippen LogP contribution in [-0.2, 0) is 10.1 Å². The number of aliphatic hydroxyl groups excluding tert-OH is 1. The van der Waals surface area contributed by atoms with E-state index in [4.69, 9.17) is 4.55 Å². The van der Waals surface area contributed by atoms with Gasteiger partial charge in [-0.05, 0) is 12.0 Å². The predicted octanol–water partition coefficient (Wildman–Crippen LogP) is 6.40. The Hall–Kier alpha value is -2.02. The Morgan fingerprint density at radius 1 is 0.750 bits per heavy atom. The van der Waals surface area contributed by atoms with Crippen molar-refractivity contribution < 1.29 is 22.9 Å². The van der Waals surface area contributed by atoms with Crippen LogP contribution in [0.5, 0.6) is 0 Å². The number of unbranched alkanes of at least 4 members (excludes halogenated alkanes) is 9. The van der Waals surface area contributed by atoms with E-state index in [1.54, 1.807) is 48.5 Å². The van der Waals surface area contributed by atoms with Crippen LogP contribution in [0, 0.1) is 0 Å². The number of carbonyl (C=O) groups is 1. The number of hydrogen-bond donors (Lipinski definition) is 2. The summed E-state index contributed by atoms with van der Waals surface area (Å²) in [6.07, 6.45) is 10.6. The molecule has 2 aromatic carbocycles. The van der Waals surface area contributed by atoms with E-state index in [0.717, 1.165) is 12.8 Å². The maximum atomic E-state index is 11.9. The van der Waals surface area contributed by atoms with Crippen molar-refractivity contribution in [2.75, 3.05) is 5.75 Å². The molecule has 0 saturated carbocycles. The average Bonchev–Trinajstić information content (AvgIpc) is 2.80. The quantitative estimate of drug-likeness (QED) is 0.193. The lowest BCUT2D eigenvalue weighted by atomic mass is 10.0. The van der Waals surface area contributed by atoms with E-state index < -0.39 is 16.2 Å². The molecule has 2 N–H and O–H groups in total. The number of rotatable bonds is 14. The third-order valence-corrected chi connectivity index (χ3v) is 5.98. The molecule has 1 atom stereocenters. The number of ketones is 1. The van der Waals surface area contributed by atoms with Crippen LogP contribution in [0.25, 0.3) is 0 Å². The van der Waals surface area contributed by atoms with Crippen LogP contribution in [0.15, 0.2) is 60.7 Å². The van der Waals surface area contributed by atoms with Crippen molar-refractivity contribution in [1.29, 1.82) is 0 Å². The molecule has 0 aromatic heterocycles. The van der Waals surface area contributed by atoms with E-state index in [0.29, 0.717) is 17.5 Å². The molecule has 0 aliphatic heterocycles. The molecule has 5 nitrogen and oxygen atoms in total. The zero-order chi connectivity index (χ0) is 23.7. The lowest BCUT2D eigenvalue weighted by Gasteiger charge is -2.09. The molecule has 0 radical (unpaired) electrons. The number of carbonyl (C=O) groups excluding carboxylic acids is 1. The minimum atomic E-state index is -3.73. The summed E-state index contributed by atoms with van der Waals surface area (Å²) in [5, 5.41) is 9.89. The molecule has 0 saturated heterocycles. The summed E-state index contributed by atoms with van der Waals surface area (Å²) < 4.78 is 29.4. The second-order valence-corrected chi connectivity index (χ2v) is 9.58. The van der Waals surface area contributed by atoms with Crippen LogP contribution in [0.4, 0.5) is 0 Å². The third kappa shape index (κ3) is 13.4. The number of hydrogen-bond acceptors (Lipinski definition) is 4. The summed E-state index contributed by atoms with van der Waals surface area (Å²) >= 11 is 0. The van der Waals surface area contributed by atoms with Crippen molar-refractivity contribution in [2.45, 2.75) is 77.2 Å². The minimum Gasteiger partial charge on any atom is -0.380 e. The fraction of sp³-hybridized carbons (Fsp3) is 0.500. The summed E-state index contributed by atoms with van der Waals surface area (Å²) in [4.78, 5) is 11.9. The van der Waals surface area contributed by atoms with Gasteiger partial charge in [0.15, 0.2) is 5.78 Å². The van der Waals surface area contributed by atoms with Crippen LogP contribution in [0.2, 0.25) is 0 Å². The molecule has 0 amide bonds. The number of benzene rings is 2. The van der Waals surface area contributed by atoms with Gasteiger partial charge in [0, 0.05) is 5.56 Å². The van der Waals surface area contributed by atoms with Gasteiger partial charge in [0.05, 0.1) is 5.75 Å². The number of Topliss-reactive ketones (excluding diaryl/α,β-unsaturated/α-hetero) is 1. The zero-order valence-corrected chi connectivity index (χ0v) is 20.0. The molecule has 1 unspecified atom stereocenters. The highest BCUT2D eigenvalue weighted by molar-refractivity contribution is 7.85. The standard InChI is InChI=1S/C14H12O2.C12H26O3S/c15-13(11-7-3-1-4-8-11)14(16)12-9-5-2-6-10-12;1-2-3-4-5-6-7-8-9-10-11-12-16(13,14)15/h1-10,13,15H;2-12H2,1H3,(H,13,14,15). The van der Waals surface area contributed by atoms with Crippen molar-refractivity contribution in [2.24, 2.45) is 0 Å². The maximum Gasteiger partial charge on any atom is 0.264 e. The molecular weight excluding hydrogens is 424 g/mol. The molecule has 0 fully saturated rings. The second kappa shape index (κ2) is 16.6. The Labute approximate surface area is 193 Å². The summed E-state index contributed by atoms with van der Waals surface area (Å²) in [6, 6.07) is 17.7. The largest absolute Gasteiger partial charge is 0.380 e. The minimum absolute atomic E-state index is 0.0799. The van der Waals surface area contributed by atoms with E-state index in [9.17, 15) is 18.3 Å². The van der Waals surface area contributed by atoms with Crippen molar-refractivity contribution in [3.63, 3.8) is 0 Å². The van der Waals surface area contributed by atoms with Gasteiger partial charge in [0.25, 0.3) is 10.1 Å². The van der Waals surface area contributed by atoms with Gasteiger partial charge in [-0.15, -0.1) is 0 Å². The van der Waals surface area contributed by atoms with E-state index >= 15 is 0 Å². The molecule has 0 heterocycles. The van der Waals surface area contributed by atoms with E-state index in [-0.39, 0.29) is 11.5 Å². The van der Waals surface area contributed by atoms with Crippen molar-refractivity contribution in [1.82, 2.24) is 0 Å². The maximum absolute atomic E-state index is 11.9. The fourth-order valence-electron chi connectivity index (χ4n) is 3.32. The Bertz CT molecular complexity index is 835. The molecule has 2 aromatic rings. The first-order chi connectivity index (χ1) is 15.3.